The van der Waals surface area contributed by atoms with Crippen molar-refractivity contribution in [2.45, 2.75) is 88.6 Å². The van der Waals surface area contributed by atoms with Gasteiger partial charge in [-0.15, -0.1) is 0 Å². The molecule has 1 fully saturated rings. The first-order chi connectivity index (χ1) is 13.3. The van der Waals surface area contributed by atoms with Gasteiger partial charge < -0.3 is 13.9 Å². The zero-order chi connectivity index (χ0) is 22.0. The van der Waals surface area contributed by atoms with Crippen LogP contribution in [0.15, 0.2) is 29.2 Å². The molecule has 0 bridgehead atoms. The van der Waals surface area contributed by atoms with Crippen molar-refractivity contribution in [3.8, 4) is 6.07 Å². The van der Waals surface area contributed by atoms with E-state index in [2.05, 4.69) is 44.7 Å². The van der Waals surface area contributed by atoms with Crippen molar-refractivity contribution in [2.24, 2.45) is 0 Å². The van der Waals surface area contributed by atoms with Gasteiger partial charge in [-0.25, -0.2) is 8.93 Å². The third-order valence-electron chi connectivity index (χ3n) is 5.57. The summed E-state index contributed by atoms with van der Waals surface area (Å²) in [6, 6.07) is 8.77. The molecule has 1 aromatic carbocycles. The molecule has 162 valence electrons. The summed E-state index contributed by atoms with van der Waals surface area (Å²) in [4.78, 5) is 0.614. The minimum Gasteiger partial charge on any atom is -0.414 e. The van der Waals surface area contributed by atoms with Crippen molar-refractivity contribution >= 4 is 19.3 Å². The second kappa shape index (κ2) is 8.96. The SMILES string of the molecule is Cc1ccc(S(=O)N[C@H](C#N)[C@@H]2OC(C)(C)O[C@H]2CO[Si](C)(C)C(C)(C)C)cc1. The molecule has 0 saturated carbocycles. The van der Waals surface area contributed by atoms with Gasteiger partial charge in [0.15, 0.2) is 14.1 Å². The van der Waals surface area contributed by atoms with Crippen LogP contribution in [0.2, 0.25) is 18.1 Å². The molecule has 1 heterocycles. The molecule has 29 heavy (non-hydrogen) atoms. The Labute approximate surface area is 178 Å². The molecule has 0 aromatic heterocycles. The van der Waals surface area contributed by atoms with Crippen LogP contribution in [0.4, 0.5) is 0 Å². The van der Waals surface area contributed by atoms with E-state index in [4.69, 9.17) is 13.9 Å². The van der Waals surface area contributed by atoms with Crippen LogP contribution in [-0.2, 0) is 24.9 Å². The fourth-order valence-electron chi connectivity index (χ4n) is 2.79. The van der Waals surface area contributed by atoms with Crippen molar-refractivity contribution in [3.63, 3.8) is 0 Å². The molecule has 0 amide bonds. The fourth-order valence-corrected chi connectivity index (χ4v) is 4.74. The van der Waals surface area contributed by atoms with Crippen molar-refractivity contribution in [3.05, 3.63) is 29.8 Å². The number of aryl methyl sites for hydroxylation is 1. The summed E-state index contributed by atoms with van der Waals surface area (Å²) in [7, 11) is -3.51. The highest BCUT2D eigenvalue weighted by atomic mass is 32.2. The Bertz CT molecular complexity index is 768. The summed E-state index contributed by atoms with van der Waals surface area (Å²) >= 11 is 0. The van der Waals surface area contributed by atoms with Gasteiger partial charge in [-0.3, -0.25) is 0 Å². The summed E-state index contributed by atoms with van der Waals surface area (Å²) in [5, 5.41) is 9.82. The van der Waals surface area contributed by atoms with E-state index in [0.717, 1.165) is 5.56 Å². The predicted molar refractivity (Wildman–Crippen MR) is 117 cm³/mol. The van der Waals surface area contributed by atoms with Gasteiger partial charge in [0.05, 0.1) is 17.6 Å². The Kier molecular flexibility index (Phi) is 7.47. The molecule has 0 aliphatic carbocycles. The summed E-state index contributed by atoms with van der Waals surface area (Å²) in [6.07, 6.45) is -1.01. The first-order valence-corrected chi connectivity index (χ1v) is 14.0. The van der Waals surface area contributed by atoms with E-state index in [1.54, 1.807) is 12.1 Å². The van der Waals surface area contributed by atoms with E-state index >= 15 is 0 Å². The lowest BCUT2D eigenvalue weighted by Gasteiger charge is -2.37. The van der Waals surface area contributed by atoms with Gasteiger partial charge in [-0.2, -0.15) is 5.26 Å². The molecule has 1 aliphatic rings. The summed E-state index contributed by atoms with van der Waals surface area (Å²) in [5.74, 6) is -0.839. The van der Waals surface area contributed by atoms with E-state index in [9.17, 15) is 9.47 Å². The fraction of sp³-hybridized carbons (Fsp3) is 0.667. The standard InChI is InChI=1S/C21H34N2O4SSi/c1-15-9-11-16(12-10-15)28(24)23-17(13-22)19-18(26-21(5,6)27-19)14-25-29(7,8)20(2,3)4/h9-12,17-19,23H,14H2,1-8H3/t17-,18+,19+,28?/m1/s1. The lowest BCUT2D eigenvalue weighted by molar-refractivity contribution is -0.149. The molecule has 1 aromatic rings. The van der Waals surface area contributed by atoms with E-state index in [-0.39, 0.29) is 5.04 Å². The van der Waals surface area contributed by atoms with Crippen LogP contribution >= 0.6 is 0 Å². The first-order valence-electron chi connectivity index (χ1n) is 9.89. The van der Waals surface area contributed by atoms with E-state index in [1.165, 1.54) is 0 Å². The largest absolute Gasteiger partial charge is 0.414 e. The Hall–Kier alpha value is -1.08. The highest BCUT2D eigenvalue weighted by Gasteiger charge is 2.47. The van der Waals surface area contributed by atoms with E-state index < -0.39 is 43.3 Å². The highest BCUT2D eigenvalue weighted by molar-refractivity contribution is 7.83. The molecule has 1 aliphatic heterocycles. The number of rotatable bonds is 7. The second-order valence-electron chi connectivity index (χ2n) is 9.52. The topological polar surface area (TPSA) is 80.6 Å². The van der Waals surface area contributed by atoms with Gasteiger partial charge in [-0.1, -0.05) is 38.5 Å². The van der Waals surface area contributed by atoms with Crippen molar-refractivity contribution in [1.82, 2.24) is 4.72 Å². The zero-order valence-electron chi connectivity index (χ0n) is 18.7. The Morgan fingerprint density at radius 3 is 2.38 bits per heavy atom. The predicted octanol–water partition coefficient (Wildman–Crippen LogP) is 4.04. The molecule has 0 spiro atoms. The van der Waals surface area contributed by atoms with Crippen LogP contribution in [0.25, 0.3) is 0 Å². The van der Waals surface area contributed by atoms with Gasteiger partial charge in [-0.05, 0) is 51.0 Å². The van der Waals surface area contributed by atoms with Crippen LogP contribution < -0.4 is 4.72 Å². The maximum Gasteiger partial charge on any atom is 0.192 e. The minimum atomic E-state index is -1.98. The quantitative estimate of drug-likeness (QED) is 0.650. The van der Waals surface area contributed by atoms with Crippen LogP contribution in [-0.4, -0.2) is 43.2 Å². The lowest BCUT2D eigenvalue weighted by Crippen LogP contribution is -2.49. The molecule has 4 atom stereocenters. The van der Waals surface area contributed by atoms with Crippen LogP contribution in [0, 0.1) is 18.3 Å². The molecular formula is C21H34N2O4SSi. The van der Waals surface area contributed by atoms with Gasteiger partial charge in [0.2, 0.25) is 0 Å². The number of benzene rings is 1. The molecule has 1 saturated heterocycles. The van der Waals surface area contributed by atoms with Crippen molar-refractivity contribution < 1.29 is 18.1 Å². The Balaban J connectivity index is 2.13. The summed E-state index contributed by atoms with van der Waals surface area (Å²) in [6.45, 7) is 16.8. The third-order valence-corrected chi connectivity index (χ3v) is 11.2. The zero-order valence-corrected chi connectivity index (χ0v) is 20.6. The van der Waals surface area contributed by atoms with Crippen LogP contribution in [0.5, 0.6) is 0 Å². The van der Waals surface area contributed by atoms with Gasteiger partial charge in [0.1, 0.15) is 29.2 Å². The van der Waals surface area contributed by atoms with Gasteiger partial charge >= 0.3 is 0 Å². The van der Waals surface area contributed by atoms with Crippen molar-refractivity contribution in [2.75, 3.05) is 6.61 Å². The highest BCUT2D eigenvalue weighted by Crippen LogP contribution is 2.38. The van der Waals surface area contributed by atoms with Gasteiger partial charge in [0.25, 0.3) is 0 Å². The van der Waals surface area contributed by atoms with Crippen LogP contribution in [0.3, 0.4) is 0 Å². The summed E-state index contributed by atoms with van der Waals surface area (Å²) in [5.41, 5.74) is 1.08. The number of hydrogen-bond donors (Lipinski definition) is 1. The smallest absolute Gasteiger partial charge is 0.192 e. The molecule has 1 N–H and O–H groups in total. The number of hydrogen-bond acceptors (Lipinski definition) is 5. The minimum absolute atomic E-state index is 0.0668. The third kappa shape index (κ3) is 6.20. The molecule has 6 nitrogen and oxygen atoms in total. The number of nitriles is 1. The Morgan fingerprint density at radius 2 is 1.86 bits per heavy atom. The number of nitrogens with zero attached hydrogens (tertiary/aromatic N) is 1. The summed E-state index contributed by atoms with van der Waals surface area (Å²) < 4.78 is 34.0. The number of nitrogens with one attached hydrogen (secondary N) is 1. The van der Waals surface area contributed by atoms with Crippen molar-refractivity contribution in [1.29, 1.82) is 5.26 Å². The molecule has 8 heteroatoms. The Morgan fingerprint density at radius 1 is 1.28 bits per heavy atom. The monoisotopic (exact) mass is 438 g/mol. The van der Waals surface area contributed by atoms with Crippen LogP contribution in [0.1, 0.15) is 40.2 Å². The average Bonchev–Trinajstić information content (AvgIpc) is 2.92. The first kappa shape index (κ1) is 24.2. The van der Waals surface area contributed by atoms with Gasteiger partial charge in [0, 0.05) is 0 Å². The second-order valence-corrected chi connectivity index (χ2v) is 15.6. The number of ether oxygens (including phenoxy) is 2. The molecular weight excluding hydrogens is 404 g/mol. The van der Waals surface area contributed by atoms with E-state index in [1.807, 2.05) is 32.9 Å². The molecule has 2 rings (SSSR count). The maximum absolute atomic E-state index is 12.7. The molecule has 1 unspecified atom stereocenters. The lowest BCUT2D eigenvalue weighted by atomic mass is 10.1. The average molecular weight is 439 g/mol. The normalized spacial score (nSPS) is 24.1. The molecule has 0 radical (unpaired) electrons. The maximum atomic E-state index is 12.7. The van der Waals surface area contributed by atoms with E-state index in [0.29, 0.717) is 11.5 Å².